The number of nitrogens with one attached hydrogen (secondary N) is 3. The van der Waals surface area contributed by atoms with Crippen molar-refractivity contribution in [2.75, 3.05) is 13.1 Å². The number of carbonyl (C=O) groups is 1. The lowest BCUT2D eigenvalue weighted by Crippen LogP contribution is -2.57. The highest BCUT2D eigenvalue weighted by atomic mass is 16.6. The number of ether oxygens (including phenoxy) is 1. The molecule has 0 heterocycles. The average molecular weight is 407 g/mol. The summed E-state index contributed by atoms with van der Waals surface area (Å²) in [4.78, 5) is 17.0. The second-order valence-electron chi connectivity index (χ2n) is 8.09. The molecule has 29 heavy (non-hydrogen) atoms. The van der Waals surface area contributed by atoms with E-state index < -0.39 is 17.2 Å². The number of aliphatic hydroxyl groups is 1. The number of aliphatic imine (C=N–C) groups is 1. The predicted molar refractivity (Wildman–Crippen MR) is 118 cm³/mol. The van der Waals surface area contributed by atoms with Crippen molar-refractivity contribution in [3.63, 3.8) is 0 Å². The van der Waals surface area contributed by atoms with Gasteiger partial charge in [0.2, 0.25) is 0 Å². The Labute approximate surface area is 175 Å². The Bertz CT molecular complexity index is 664. The Balaban J connectivity index is 2.85. The lowest BCUT2D eigenvalue weighted by molar-refractivity contribution is 0.0448. The molecular weight excluding hydrogens is 368 g/mol. The topological polar surface area (TPSA) is 95.0 Å². The number of nitrogens with zero attached hydrogens (tertiary/aromatic N) is 1. The molecule has 0 unspecified atom stereocenters. The van der Waals surface area contributed by atoms with Gasteiger partial charge in [0.05, 0.1) is 18.7 Å². The molecule has 0 aliphatic rings. The molecule has 0 spiro atoms. The van der Waals surface area contributed by atoms with E-state index in [1.165, 1.54) is 0 Å². The number of benzene rings is 1. The summed E-state index contributed by atoms with van der Waals surface area (Å²) in [7, 11) is 0. The third-order valence-corrected chi connectivity index (χ3v) is 4.75. The number of amides is 1. The van der Waals surface area contributed by atoms with Gasteiger partial charge in [-0.15, -0.1) is 0 Å². The number of guanidine groups is 1. The van der Waals surface area contributed by atoms with Crippen LogP contribution in [-0.4, -0.2) is 41.4 Å². The summed E-state index contributed by atoms with van der Waals surface area (Å²) >= 11 is 0. The first kappa shape index (κ1) is 24.8. The highest BCUT2D eigenvalue weighted by molar-refractivity contribution is 5.80. The largest absolute Gasteiger partial charge is 0.444 e. The zero-order valence-electron chi connectivity index (χ0n) is 18.8. The summed E-state index contributed by atoms with van der Waals surface area (Å²) in [5, 5.41) is 19.1. The van der Waals surface area contributed by atoms with Gasteiger partial charge in [-0.1, -0.05) is 38.1 Å². The smallest absolute Gasteiger partial charge is 0.408 e. The van der Waals surface area contributed by atoms with Crippen LogP contribution in [0.2, 0.25) is 0 Å². The Morgan fingerprint density at radius 1 is 1.07 bits per heavy atom. The summed E-state index contributed by atoms with van der Waals surface area (Å²) in [6, 6.07) is 7.70. The molecule has 0 fully saturated rings. The van der Waals surface area contributed by atoms with Crippen LogP contribution < -0.4 is 16.0 Å². The van der Waals surface area contributed by atoms with Gasteiger partial charge in [-0.3, -0.25) is 0 Å². The van der Waals surface area contributed by atoms with Crippen LogP contribution in [0.1, 0.15) is 65.5 Å². The number of hydrogen-bond acceptors (Lipinski definition) is 4. The monoisotopic (exact) mass is 406 g/mol. The molecule has 0 aliphatic carbocycles. The SMILES string of the molecule is CCNC(=NCc1ccccc1CO)NCC(CC)(CC)NC(=O)OC(C)(C)C. The van der Waals surface area contributed by atoms with E-state index in [9.17, 15) is 9.90 Å². The van der Waals surface area contributed by atoms with Gasteiger partial charge in [-0.2, -0.15) is 0 Å². The molecular formula is C22H38N4O3. The van der Waals surface area contributed by atoms with Crippen molar-refractivity contribution in [1.82, 2.24) is 16.0 Å². The van der Waals surface area contributed by atoms with E-state index in [0.29, 0.717) is 19.0 Å². The van der Waals surface area contributed by atoms with Gasteiger partial charge in [0, 0.05) is 13.1 Å². The van der Waals surface area contributed by atoms with Crippen LogP contribution in [-0.2, 0) is 17.9 Å². The zero-order valence-corrected chi connectivity index (χ0v) is 18.8. The van der Waals surface area contributed by atoms with Gasteiger partial charge in [0.1, 0.15) is 5.60 Å². The van der Waals surface area contributed by atoms with E-state index in [2.05, 4.69) is 20.9 Å². The van der Waals surface area contributed by atoms with Gasteiger partial charge >= 0.3 is 6.09 Å². The van der Waals surface area contributed by atoms with Crippen molar-refractivity contribution in [2.45, 2.75) is 78.7 Å². The summed E-state index contributed by atoms with van der Waals surface area (Å²) in [6.45, 7) is 13.3. The molecule has 7 nitrogen and oxygen atoms in total. The van der Waals surface area contributed by atoms with Crippen molar-refractivity contribution < 1.29 is 14.6 Å². The molecule has 1 rings (SSSR count). The van der Waals surface area contributed by atoms with Crippen LogP contribution in [0.4, 0.5) is 4.79 Å². The molecule has 1 aromatic carbocycles. The number of aliphatic hydroxyl groups excluding tert-OH is 1. The van der Waals surface area contributed by atoms with E-state index in [-0.39, 0.29) is 6.61 Å². The van der Waals surface area contributed by atoms with Crippen molar-refractivity contribution >= 4 is 12.1 Å². The van der Waals surface area contributed by atoms with Crippen molar-refractivity contribution in [1.29, 1.82) is 0 Å². The molecule has 7 heteroatoms. The predicted octanol–water partition coefficient (Wildman–Crippen LogP) is 3.32. The normalized spacial score (nSPS) is 12.4. The fourth-order valence-corrected chi connectivity index (χ4v) is 2.87. The summed E-state index contributed by atoms with van der Waals surface area (Å²) < 4.78 is 5.43. The molecule has 0 saturated heterocycles. The number of carbonyl (C=O) groups excluding carboxylic acids is 1. The molecule has 0 bridgehead atoms. The van der Waals surface area contributed by atoms with Crippen LogP contribution in [0.25, 0.3) is 0 Å². The maximum absolute atomic E-state index is 12.3. The van der Waals surface area contributed by atoms with E-state index in [0.717, 1.165) is 30.5 Å². The van der Waals surface area contributed by atoms with Gasteiger partial charge < -0.3 is 25.8 Å². The molecule has 1 aromatic rings. The van der Waals surface area contributed by atoms with Gasteiger partial charge in [0.25, 0.3) is 0 Å². The standard InChI is InChI=1S/C22H38N4O3/c1-7-22(8-2,26-20(28)29-21(4,5)6)16-25-19(23-9-3)24-14-17-12-10-11-13-18(17)15-27/h10-13,27H,7-9,14-16H2,1-6H3,(H,26,28)(H2,23,24,25). The minimum absolute atomic E-state index is 0.00967. The van der Waals surface area contributed by atoms with Crippen LogP contribution in [0.3, 0.4) is 0 Å². The molecule has 1 amide bonds. The Hall–Kier alpha value is -2.28. The molecule has 4 N–H and O–H groups in total. The highest BCUT2D eigenvalue weighted by Gasteiger charge is 2.30. The quantitative estimate of drug-likeness (QED) is 0.373. The maximum atomic E-state index is 12.3. The fraction of sp³-hybridized carbons (Fsp3) is 0.636. The van der Waals surface area contributed by atoms with E-state index in [1.54, 1.807) is 0 Å². The lowest BCUT2D eigenvalue weighted by atomic mass is 9.93. The lowest BCUT2D eigenvalue weighted by Gasteiger charge is -2.34. The summed E-state index contributed by atoms with van der Waals surface area (Å²) in [5.41, 5.74) is 0.870. The summed E-state index contributed by atoms with van der Waals surface area (Å²) in [5.74, 6) is 0.664. The fourth-order valence-electron chi connectivity index (χ4n) is 2.87. The van der Waals surface area contributed by atoms with Crippen molar-refractivity contribution in [3.8, 4) is 0 Å². The Morgan fingerprint density at radius 3 is 2.21 bits per heavy atom. The Kier molecular flexibility index (Phi) is 9.95. The number of alkyl carbamates (subject to hydrolysis) is 1. The summed E-state index contributed by atoms with van der Waals surface area (Å²) in [6.07, 6.45) is 1.09. The van der Waals surface area contributed by atoms with E-state index in [4.69, 9.17) is 4.74 Å². The van der Waals surface area contributed by atoms with E-state index >= 15 is 0 Å². The molecule has 0 radical (unpaired) electrons. The van der Waals surface area contributed by atoms with E-state index in [1.807, 2.05) is 65.8 Å². The minimum atomic E-state index is -0.540. The van der Waals surface area contributed by atoms with Crippen molar-refractivity contribution in [3.05, 3.63) is 35.4 Å². The third-order valence-electron chi connectivity index (χ3n) is 4.75. The van der Waals surface area contributed by atoms with Gasteiger partial charge in [-0.25, -0.2) is 9.79 Å². The van der Waals surface area contributed by atoms with Gasteiger partial charge in [-0.05, 0) is 51.7 Å². The molecule has 0 atom stereocenters. The number of hydrogen-bond donors (Lipinski definition) is 4. The van der Waals surface area contributed by atoms with Crippen LogP contribution >= 0.6 is 0 Å². The van der Waals surface area contributed by atoms with Crippen molar-refractivity contribution in [2.24, 2.45) is 4.99 Å². The first-order valence-corrected chi connectivity index (χ1v) is 10.4. The second kappa shape index (κ2) is 11.7. The van der Waals surface area contributed by atoms with Crippen LogP contribution in [0.5, 0.6) is 0 Å². The molecule has 164 valence electrons. The average Bonchev–Trinajstić information content (AvgIpc) is 2.67. The maximum Gasteiger partial charge on any atom is 0.408 e. The first-order chi connectivity index (χ1) is 13.7. The Morgan fingerprint density at radius 2 is 1.69 bits per heavy atom. The number of rotatable bonds is 9. The molecule has 0 saturated carbocycles. The first-order valence-electron chi connectivity index (χ1n) is 10.4. The molecule has 0 aromatic heterocycles. The van der Waals surface area contributed by atoms with Crippen LogP contribution in [0, 0.1) is 0 Å². The molecule has 0 aliphatic heterocycles. The zero-order chi connectivity index (χ0) is 21.9. The third kappa shape index (κ3) is 8.73. The minimum Gasteiger partial charge on any atom is -0.444 e. The highest BCUT2D eigenvalue weighted by Crippen LogP contribution is 2.16. The van der Waals surface area contributed by atoms with Crippen LogP contribution in [0.15, 0.2) is 29.3 Å². The van der Waals surface area contributed by atoms with Gasteiger partial charge in [0.15, 0.2) is 5.96 Å². The second-order valence-corrected chi connectivity index (χ2v) is 8.09.